The van der Waals surface area contributed by atoms with Gasteiger partial charge in [0.2, 0.25) is 0 Å². The van der Waals surface area contributed by atoms with E-state index in [9.17, 15) is 9.59 Å². The molecule has 8 heteroatoms. The number of rotatable bonds is 6. The number of nitrogens with zero attached hydrogens (tertiary/aromatic N) is 2. The Morgan fingerprint density at radius 2 is 1.79 bits per heavy atom. The molecule has 0 radical (unpaired) electrons. The molecule has 168 valence electrons. The van der Waals surface area contributed by atoms with Gasteiger partial charge in [-0.1, -0.05) is 48.5 Å². The van der Waals surface area contributed by atoms with Crippen LogP contribution in [-0.4, -0.2) is 28.0 Å². The molecular formula is C26H20N4O3S. The van der Waals surface area contributed by atoms with Crippen molar-refractivity contribution in [1.82, 2.24) is 15.0 Å². The normalized spacial score (nSPS) is 10.9. The number of aromatic nitrogens is 3. The van der Waals surface area contributed by atoms with Gasteiger partial charge in [-0.15, -0.1) is 11.3 Å². The molecule has 0 atom stereocenters. The Balaban J connectivity index is 1.33. The summed E-state index contributed by atoms with van der Waals surface area (Å²) in [4.78, 5) is 36.5. The zero-order valence-corrected chi connectivity index (χ0v) is 19.1. The highest BCUT2D eigenvalue weighted by Gasteiger charge is 2.14. The number of anilines is 1. The maximum Gasteiger partial charge on any atom is 0.276 e. The van der Waals surface area contributed by atoms with Crippen molar-refractivity contribution in [2.75, 3.05) is 12.4 Å². The second kappa shape index (κ2) is 9.29. The summed E-state index contributed by atoms with van der Waals surface area (Å²) in [7, 11) is 1.60. The minimum absolute atomic E-state index is 0.0368. The predicted molar refractivity (Wildman–Crippen MR) is 134 cm³/mol. The van der Waals surface area contributed by atoms with E-state index in [0.717, 1.165) is 33.3 Å². The van der Waals surface area contributed by atoms with Gasteiger partial charge in [-0.3, -0.25) is 14.9 Å². The molecule has 2 aromatic heterocycles. The van der Waals surface area contributed by atoms with Gasteiger partial charge in [0.25, 0.3) is 11.5 Å². The Bertz CT molecular complexity index is 1540. The summed E-state index contributed by atoms with van der Waals surface area (Å²) in [5.41, 5.74) is 2.31. The van der Waals surface area contributed by atoms with Crippen molar-refractivity contribution in [1.29, 1.82) is 0 Å². The molecule has 1 amide bonds. The van der Waals surface area contributed by atoms with Gasteiger partial charge in [-0.25, -0.2) is 9.97 Å². The summed E-state index contributed by atoms with van der Waals surface area (Å²) >= 11 is 1.32. The Hall–Kier alpha value is -4.30. The van der Waals surface area contributed by atoms with E-state index in [2.05, 4.69) is 38.5 Å². The zero-order chi connectivity index (χ0) is 23.5. The van der Waals surface area contributed by atoms with E-state index in [1.165, 1.54) is 17.4 Å². The van der Waals surface area contributed by atoms with Gasteiger partial charge in [-0.2, -0.15) is 0 Å². The van der Waals surface area contributed by atoms with Crippen molar-refractivity contribution in [3.63, 3.8) is 0 Å². The van der Waals surface area contributed by atoms with E-state index in [0.29, 0.717) is 17.4 Å². The number of fused-ring (bicyclic) bond motifs is 1. The Morgan fingerprint density at radius 1 is 1.00 bits per heavy atom. The molecule has 5 rings (SSSR count). The van der Waals surface area contributed by atoms with Crippen molar-refractivity contribution in [2.45, 2.75) is 6.42 Å². The van der Waals surface area contributed by atoms with Crippen molar-refractivity contribution in [3.05, 3.63) is 106 Å². The zero-order valence-electron chi connectivity index (χ0n) is 18.2. The molecule has 0 saturated carbocycles. The van der Waals surface area contributed by atoms with E-state index >= 15 is 0 Å². The molecule has 3 aromatic carbocycles. The molecule has 0 bridgehead atoms. The van der Waals surface area contributed by atoms with Crippen LogP contribution in [0.5, 0.6) is 5.75 Å². The number of amides is 1. The summed E-state index contributed by atoms with van der Waals surface area (Å²) in [5.74, 6) is 0.658. The molecule has 0 spiro atoms. The highest BCUT2D eigenvalue weighted by Crippen LogP contribution is 2.28. The first kappa shape index (κ1) is 21.5. The number of hydrogen-bond donors (Lipinski definition) is 2. The van der Waals surface area contributed by atoms with Gasteiger partial charge in [-0.05, 0) is 34.5 Å². The van der Waals surface area contributed by atoms with Crippen molar-refractivity contribution in [3.8, 4) is 17.0 Å². The van der Waals surface area contributed by atoms with Gasteiger partial charge in [0.1, 0.15) is 17.3 Å². The number of carbonyl (C=O) groups excluding carboxylic acids is 1. The van der Waals surface area contributed by atoms with Gasteiger partial charge in [0, 0.05) is 23.4 Å². The summed E-state index contributed by atoms with van der Waals surface area (Å²) < 4.78 is 5.16. The minimum Gasteiger partial charge on any atom is -0.497 e. The Kier molecular flexibility index (Phi) is 5.88. The molecule has 7 nitrogen and oxygen atoms in total. The number of ether oxygens (including phenoxy) is 1. The average molecular weight is 469 g/mol. The molecule has 0 unspecified atom stereocenters. The summed E-state index contributed by atoms with van der Waals surface area (Å²) in [6.07, 6.45) is 0.379. The number of nitrogens with one attached hydrogen (secondary N) is 2. The maximum absolute atomic E-state index is 12.8. The molecule has 0 aliphatic carbocycles. The lowest BCUT2D eigenvalue weighted by Crippen LogP contribution is -2.20. The number of benzene rings is 3. The largest absolute Gasteiger partial charge is 0.497 e. The van der Waals surface area contributed by atoms with Crippen LogP contribution in [0.2, 0.25) is 0 Å². The maximum atomic E-state index is 12.8. The molecule has 0 saturated heterocycles. The lowest BCUT2D eigenvalue weighted by Gasteiger charge is -2.06. The third kappa shape index (κ3) is 4.72. The predicted octanol–water partition coefficient (Wildman–Crippen LogP) is 4.90. The fourth-order valence-corrected chi connectivity index (χ4v) is 4.33. The van der Waals surface area contributed by atoms with E-state index < -0.39 is 5.91 Å². The number of hydrogen-bond acceptors (Lipinski definition) is 6. The summed E-state index contributed by atoms with van der Waals surface area (Å²) in [6, 6.07) is 22.9. The van der Waals surface area contributed by atoms with Crippen LogP contribution in [0.4, 0.5) is 5.13 Å². The van der Waals surface area contributed by atoms with E-state index in [-0.39, 0.29) is 11.3 Å². The standard InChI is InChI=1S/C26H20N4O3S/c1-33-20-10-6-16(7-11-20)12-23-27-21(14-24(31)29-23)25(32)30-26-28-22(15-34-26)19-9-8-17-4-2-3-5-18(17)13-19/h2-11,13-15H,12H2,1H3,(H,27,29,31)(H,28,30,32). The molecule has 2 heterocycles. The van der Waals surface area contributed by atoms with Crippen LogP contribution in [-0.2, 0) is 6.42 Å². The second-order valence-corrected chi connectivity index (χ2v) is 8.51. The number of H-pyrrole nitrogens is 1. The summed E-state index contributed by atoms with van der Waals surface area (Å²) in [6.45, 7) is 0. The van der Waals surface area contributed by atoms with Crippen LogP contribution in [0, 0.1) is 0 Å². The van der Waals surface area contributed by atoms with Crippen LogP contribution in [0.25, 0.3) is 22.0 Å². The molecule has 0 aliphatic heterocycles. The van der Waals surface area contributed by atoms with E-state index in [1.54, 1.807) is 7.11 Å². The molecule has 2 N–H and O–H groups in total. The highest BCUT2D eigenvalue weighted by atomic mass is 32.1. The fourth-order valence-electron chi connectivity index (χ4n) is 3.62. The minimum atomic E-state index is -0.485. The van der Waals surface area contributed by atoms with Crippen LogP contribution in [0.1, 0.15) is 21.9 Å². The number of methoxy groups -OCH3 is 1. The van der Waals surface area contributed by atoms with E-state index in [1.807, 2.05) is 53.9 Å². The van der Waals surface area contributed by atoms with Crippen LogP contribution in [0.15, 0.2) is 83.0 Å². The Morgan fingerprint density at radius 3 is 2.59 bits per heavy atom. The fraction of sp³-hybridized carbons (Fsp3) is 0.0769. The van der Waals surface area contributed by atoms with E-state index in [4.69, 9.17) is 4.74 Å². The van der Waals surface area contributed by atoms with Gasteiger partial charge in [0.15, 0.2) is 5.13 Å². The van der Waals surface area contributed by atoms with Gasteiger partial charge >= 0.3 is 0 Å². The van der Waals surface area contributed by atoms with Gasteiger partial charge < -0.3 is 9.72 Å². The second-order valence-electron chi connectivity index (χ2n) is 7.66. The third-order valence-corrected chi connectivity index (χ3v) is 6.08. The van der Waals surface area contributed by atoms with Gasteiger partial charge in [0.05, 0.1) is 12.8 Å². The molecule has 5 aromatic rings. The average Bonchev–Trinajstić information content (AvgIpc) is 3.32. The highest BCUT2D eigenvalue weighted by molar-refractivity contribution is 7.14. The lowest BCUT2D eigenvalue weighted by molar-refractivity contribution is 0.102. The van der Waals surface area contributed by atoms with Crippen molar-refractivity contribution >= 4 is 33.1 Å². The molecule has 34 heavy (non-hydrogen) atoms. The van der Waals surface area contributed by atoms with Crippen LogP contribution >= 0.6 is 11.3 Å². The first-order valence-corrected chi connectivity index (χ1v) is 11.4. The molecule has 0 fully saturated rings. The molecule has 0 aliphatic rings. The monoisotopic (exact) mass is 468 g/mol. The number of thiazole rings is 1. The first-order valence-electron chi connectivity index (χ1n) is 10.6. The number of carbonyl (C=O) groups is 1. The first-order chi connectivity index (χ1) is 16.6. The topological polar surface area (TPSA) is 97.0 Å². The van der Waals surface area contributed by atoms with Crippen LogP contribution in [0.3, 0.4) is 0 Å². The Labute approximate surface area is 199 Å². The molecular weight excluding hydrogens is 448 g/mol. The van der Waals surface area contributed by atoms with Crippen LogP contribution < -0.4 is 15.6 Å². The summed E-state index contributed by atoms with van der Waals surface area (Å²) in [5, 5.41) is 7.36. The SMILES string of the molecule is COc1ccc(Cc2nc(C(=O)Nc3nc(-c4ccc5ccccc5c4)cs3)cc(=O)[nH]2)cc1. The quantitative estimate of drug-likeness (QED) is 0.370. The van der Waals surface area contributed by atoms with Crippen molar-refractivity contribution < 1.29 is 9.53 Å². The third-order valence-electron chi connectivity index (χ3n) is 5.32. The smallest absolute Gasteiger partial charge is 0.276 e. The number of aromatic amines is 1. The van der Waals surface area contributed by atoms with Crippen molar-refractivity contribution in [2.24, 2.45) is 0 Å². The lowest BCUT2D eigenvalue weighted by atomic mass is 10.1.